The molecule has 2 rings (SSSR count). The van der Waals surface area contributed by atoms with Gasteiger partial charge >= 0.3 is 0 Å². The fourth-order valence-corrected chi connectivity index (χ4v) is 3.25. The standard InChI is InChI=1S/C19H27N3O2S.HI/c1-4-20-19(22-13-16-8-7-11-24-16)21-12-15(2)14-25-18-10-6-5-9-17(18)23-3;/h5-11,15H,4,12-14H2,1-3H3,(H2,20,21,22);1H. The first kappa shape index (κ1) is 22.7. The molecule has 1 unspecified atom stereocenters. The summed E-state index contributed by atoms with van der Waals surface area (Å²) < 4.78 is 10.7. The largest absolute Gasteiger partial charge is 0.496 e. The predicted octanol–water partition coefficient (Wildman–Crippen LogP) is 4.39. The Morgan fingerprint density at radius 2 is 2.04 bits per heavy atom. The normalized spacial score (nSPS) is 12.2. The van der Waals surface area contributed by atoms with E-state index in [0.717, 1.165) is 36.3 Å². The minimum Gasteiger partial charge on any atom is -0.496 e. The fourth-order valence-electron chi connectivity index (χ4n) is 2.20. The van der Waals surface area contributed by atoms with Crippen molar-refractivity contribution >= 4 is 41.7 Å². The van der Waals surface area contributed by atoms with Gasteiger partial charge in [-0.25, -0.2) is 4.99 Å². The first-order valence-corrected chi connectivity index (χ1v) is 9.51. The molecule has 0 bridgehead atoms. The Hall–Kier alpha value is -1.35. The number of benzene rings is 1. The predicted molar refractivity (Wildman–Crippen MR) is 120 cm³/mol. The molecule has 0 spiro atoms. The number of halogens is 1. The van der Waals surface area contributed by atoms with E-state index in [4.69, 9.17) is 9.15 Å². The van der Waals surface area contributed by atoms with Crippen LogP contribution in [0.15, 0.2) is 57.0 Å². The molecule has 0 radical (unpaired) electrons. The molecule has 0 amide bonds. The van der Waals surface area contributed by atoms with Gasteiger partial charge in [0.1, 0.15) is 18.1 Å². The zero-order valence-electron chi connectivity index (χ0n) is 15.5. The highest BCUT2D eigenvalue weighted by Crippen LogP contribution is 2.29. The molecule has 5 nitrogen and oxygen atoms in total. The second-order valence-corrected chi connectivity index (χ2v) is 6.78. The quantitative estimate of drug-likeness (QED) is 0.237. The number of ether oxygens (including phenoxy) is 1. The second-order valence-electron chi connectivity index (χ2n) is 5.72. The number of nitrogens with one attached hydrogen (secondary N) is 2. The van der Waals surface area contributed by atoms with Crippen LogP contribution in [0.4, 0.5) is 0 Å². The van der Waals surface area contributed by atoms with E-state index in [-0.39, 0.29) is 24.0 Å². The highest BCUT2D eigenvalue weighted by atomic mass is 127. The molecule has 2 aromatic rings. The third kappa shape index (κ3) is 7.90. The van der Waals surface area contributed by atoms with Crippen LogP contribution in [0.2, 0.25) is 0 Å². The molecule has 1 aromatic carbocycles. The molecule has 0 saturated heterocycles. The molecule has 0 saturated carbocycles. The Bertz CT molecular complexity index is 650. The average molecular weight is 489 g/mol. The highest BCUT2D eigenvalue weighted by molar-refractivity contribution is 14.0. The SMILES string of the molecule is CCNC(=NCc1ccco1)NCC(C)CSc1ccccc1OC.I. The molecule has 1 heterocycles. The number of methoxy groups -OCH3 is 1. The molecule has 0 aliphatic rings. The minimum absolute atomic E-state index is 0. The first-order valence-electron chi connectivity index (χ1n) is 8.53. The summed E-state index contributed by atoms with van der Waals surface area (Å²) in [4.78, 5) is 5.72. The lowest BCUT2D eigenvalue weighted by molar-refractivity contribution is 0.405. The van der Waals surface area contributed by atoms with Crippen molar-refractivity contribution in [3.63, 3.8) is 0 Å². The van der Waals surface area contributed by atoms with Crippen molar-refractivity contribution < 1.29 is 9.15 Å². The van der Waals surface area contributed by atoms with Crippen molar-refractivity contribution in [1.29, 1.82) is 0 Å². The number of nitrogens with zero attached hydrogens (tertiary/aromatic N) is 1. The Balaban J connectivity index is 0.00000338. The van der Waals surface area contributed by atoms with Gasteiger partial charge in [0, 0.05) is 23.7 Å². The molecule has 1 aromatic heterocycles. The van der Waals surface area contributed by atoms with Crippen molar-refractivity contribution in [2.24, 2.45) is 10.9 Å². The van der Waals surface area contributed by atoms with E-state index in [0.29, 0.717) is 12.5 Å². The summed E-state index contributed by atoms with van der Waals surface area (Å²) in [5.74, 6) is 4.10. The van der Waals surface area contributed by atoms with Gasteiger partial charge in [0.15, 0.2) is 5.96 Å². The number of aliphatic imine (C=N–C) groups is 1. The van der Waals surface area contributed by atoms with Gasteiger partial charge in [-0.2, -0.15) is 0 Å². The Labute approximate surface area is 177 Å². The maximum Gasteiger partial charge on any atom is 0.191 e. The van der Waals surface area contributed by atoms with E-state index in [1.165, 1.54) is 4.90 Å². The lowest BCUT2D eigenvalue weighted by Crippen LogP contribution is -2.39. The maximum absolute atomic E-state index is 5.40. The molecule has 1 atom stereocenters. The molecular weight excluding hydrogens is 461 g/mol. The van der Waals surface area contributed by atoms with Crippen LogP contribution in [0.3, 0.4) is 0 Å². The van der Waals surface area contributed by atoms with Crippen LogP contribution in [0, 0.1) is 5.92 Å². The van der Waals surface area contributed by atoms with Gasteiger partial charge < -0.3 is 19.8 Å². The number of thioether (sulfide) groups is 1. The van der Waals surface area contributed by atoms with Crippen LogP contribution >= 0.6 is 35.7 Å². The van der Waals surface area contributed by atoms with Crippen LogP contribution in [0.25, 0.3) is 0 Å². The number of hydrogen-bond donors (Lipinski definition) is 2. The summed E-state index contributed by atoms with van der Waals surface area (Å²) >= 11 is 1.82. The van der Waals surface area contributed by atoms with Gasteiger partial charge in [0.25, 0.3) is 0 Å². The molecular formula is C19H28IN3O2S. The number of hydrogen-bond acceptors (Lipinski definition) is 4. The second kappa shape index (κ2) is 12.9. The monoisotopic (exact) mass is 489 g/mol. The molecule has 26 heavy (non-hydrogen) atoms. The third-order valence-electron chi connectivity index (χ3n) is 3.53. The molecule has 7 heteroatoms. The first-order chi connectivity index (χ1) is 12.2. The molecule has 144 valence electrons. The molecule has 2 N–H and O–H groups in total. The molecule has 0 aliphatic carbocycles. The van der Waals surface area contributed by atoms with Crippen molar-refractivity contribution in [3.05, 3.63) is 48.4 Å². The van der Waals surface area contributed by atoms with E-state index >= 15 is 0 Å². The lowest BCUT2D eigenvalue weighted by Gasteiger charge is -2.16. The van der Waals surface area contributed by atoms with E-state index in [1.807, 2.05) is 42.1 Å². The Kier molecular flexibility index (Phi) is 11.3. The number of rotatable bonds is 9. The summed E-state index contributed by atoms with van der Waals surface area (Å²) in [6, 6.07) is 11.9. The Morgan fingerprint density at radius 1 is 1.23 bits per heavy atom. The van der Waals surface area contributed by atoms with Crippen LogP contribution in [0.1, 0.15) is 19.6 Å². The van der Waals surface area contributed by atoms with Crippen LogP contribution in [-0.2, 0) is 6.54 Å². The van der Waals surface area contributed by atoms with Gasteiger partial charge in [-0.15, -0.1) is 35.7 Å². The highest BCUT2D eigenvalue weighted by Gasteiger charge is 2.08. The summed E-state index contributed by atoms with van der Waals surface area (Å²) in [5, 5.41) is 6.66. The Morgan fingerprint density at radius 3 is 2.73 bits per heavy atom. The minimum atomic E-state index is 0. The van der Waals surface area contributed by atoms with E-state index < -0.39 is 0 Å². The van der Waals surface area contributed by atoms with Crippen LogP contribution in [-0.4, -0.2) is 31.9 Å². The lowest BCUT2D eigenvalue weighted by atomic mass is 10.2. The van der Waals surface area contributed by atoms with Crippen LogP contribution in [0.5, 0.6) is 5.75 Å². The van der Waals surface area contributed by atoms with E-state index in [9.17, 15) is 0 Å². The average Bonchev–Trinajstić information content (AvgIpc) is 3.16. The fraction of sp³-hybridized carbons (Fsp3) is 0.421. The van der Waals surface area contributed by atoms with E-state index in [2.05, 4.69) is 35.5 Å². The smallest absolute Gasteiger partial charge is 0.191 e. The van der Waals surface area contributed by atoms with Crippen molar-refractivity contribution in [1.82, 2.24) is 10.6 Å². The summed E-state index contributed by atoms with van der Waals surface area (Å²) in [6.45, 7) is 6.50. The molecule has 0 aliphatic heterocycles. The zero-order chi connectivity index (χ0) is 17.9. The molecule has 0 fully saturated rings. The number of guanidine groups is 1. The maximum atomic E-state index is 5.40. The van der Waals surface area contributed by atoms with E-state index in [1.54, 1.807) is 13.4 Å². The van der Waals surface area contributed by atoms with Gasteiger partial charge in [-0.1, -0.05) is 19.1 Å². The van der Waals surface area contributed by atoms with Gasteiger partial charge in [0.05, 0.1) is 13.4 Å². The van der Waals surface area contributed by atoms with Crippen molar-refractivity contribution in [2.75, 3.05) is 26.0 Å². The van der Waals surface area contributed by atoms with Gasteiger partial charge in [0.2, 0.25) is 0 Å². The number of furan rings is 1. The summed E-state index contributed by atoms with van der Waals surface area (Å²) in [7, 11) is 1.71. The van der Waals surface area contributed by atoms with Crippen molar-refractivity contribution in [3.8, 4) is 5.75 Å². The van der Waals surface area contributed by atoms with Gasteiger partial charge in [-0.3, -0.25) is 0 Å². The summed E-state index contributed by atoms with van der Waals surface area (Å²) in [5.41, 5.74) is 0. The third-order valence-corrected chi connectivity index (χ3v) is 4.91. The van der Waals surface area contributed by atoms with Crippen LogP contribution < -0.4 is 15.4 Å². The van der Waals surface area contributed by atoms with Gasteiger partial charge in [-0.05, 0) is 37.1 Å². The zero-order valence-corrected chi connectivity index (χ0v) is 18.7. The summed E-state index contributed by atoms with van der Waals surface area (Å²) in [6.07, 6.45) is 1.67. The number of para-hydroxylation sites is 1. The topological polar surface area (TPSA) is 58.8 Å². The van der Waals surface area contributed by atoms with Crippen molar-refractivity contribution in [2.45, 2.75) is 25.3 Å².